The minimum Gasteiger partial charge on any atom is -0.507 e. The molecule has 0 atom stereocenters. The second-order valence-electron chi connectivity index (χ2n) is 5.10. The van der Waals surface area contributed by atoms with Gasteiger partial charge in [-0.1, -0.05) is 6.07 Å². The Balaban J connectivity index is 1.91. The van der Waals surface area contributed by atoms with E-state index in [-0.39, 0.29) is 17.1 Å². The topological polar surface area (TPSA) is 99.9 Å². The van der Waals surface area contributed by atoms with Crippen LogP contribution in [0.1, 0.15) is 11.1 Å². The molecular weight excluding hydrogens is 324 g/mol. The van der Waals surface area contributed by atoms with Crippen molar-refractivity contribution in [2.24, 2.45) is 0 Å². The Hall–Kier alpha value is -3.79. The Morgan fingerprint density at radius 2 is 1.92 bits per heavy atom. The molecule has 0 aliphatic carbocycles. The first kappa shape index (κ1) is 16.1. The van der Waals surface area contributed by atoms with Gasteiger partial charge in [-0.25, -0.2) is 9.69 Å². The highest BCUT2D eigenvalue weighted by Crippen LogP contribution is 2.28. The van der Waals surface area contributed by atoms with E-state index in [1.54, 1.807) is 24.3 Å². The van der Waals surface area contributed by atoms with Gasteiger partial charge in [0.25, 0.3) is 0 Å². The normalized spacial score (nSPS) is 15.2. The lowest BCUT2D eigenvalue weighted by molar-refractivity contribution is -0.114. The Bertz CT molecular complexity index is 925. The summed E-state index contributed by atoms with van der Waals surface area (Å²) in [7, 11) is 1.51. The summed E-state index contributed by atoms with van der Waals surface area (Å²) in [6, 6.07) is 12.4. The van der Waals surface area contributed by atoms with Gasteiger partial charge in [-0.3, -0.25) is 4.79 Å². The second-order valence-corrected chi connectivity index (χ2v) is 5.10. The van der Waals surface area contributed by atoms with Crippen LogP contribution < -0.4 is 9.64 Å². The second kappa shape index (κ2) is 6.37. The average Bonchev–Trinajstić information content (AvgIpc) is 2.90. The number of cyclic esters (lactones) is 1. The fourth-order valence-corrected chi connectivity index (χ4v) is 2.31. The molecular formula is C18H12N2O5. The summed E-state index contributed by atoms with van der Waals surface area (Å²) < 4.78 is 10.1. The third-order valence-electron chi connectivity index (χ3n) is 3.56. The highest BCUT2D eigenvalue weighted by molar-refractivity contribution is 6.24. The minimum atomic E-state index is -0.819. The van der Waals surface area contributed by atoms with Crippen molar-refractivity contribution in [1.29, 1.82) is 5.26 Å². The Kier molecular flexibility index (Phi) is 4.10. The molecule has 2 amide bonds. The molecule has 25 heavy (non-hydrogen) atoms. The number of anilines is 1. The number of ether oxygens (including phenoxy) is 2. The first-order chi connectivity index (χ1) is 12.0. The number of carbonyl (C=O) groups excluding carboxylic acids is 2. The van der Waals surface area contributed by atoms with Gasteiger partial charge in [0.1, 0.15) is 17.6 Å². The summed E-state index contributed by atoms with van der Waals surface area (Å²) in [5, 5.41) is 18.4. The molecule has 124 valence electrons. The lowest BCUT2D eigenvalue weighted by Gasteiger charge is -2.10. The largest absolute Gasteiger partial charge is 0.507 e. The van der Waals surface area contributed by atoms with Gasteiger partial charge in [-0.15, -0.1) is 0 Å². The standard InChI is InChI=1S/C18H12N2O5/c1-24-14-5-3-13(4-6-14)20-17(22)16(25-18(20)23)9-11-2-7-15(21)12(8-11)10-19/h2-9,21H,1H3. The third-order valence-corrected chi connectivity index (χ3v) is 3.56. The smallest absolute Gasteiger partial charge is 0.427 e. The van der Waals surface area contributed by atoms with E-state index in [0.717, 1.165) is 4.90 Å². The fraction of sp³-hybridized carbons (Fsp3) is 0.0556. The summed E-state index contributed by atoms with van der Waals surface area (Å²) in [6.07, 6.45) is 0.519. The van der Waals surface area contributed by atoms with Gasteiger partial charge in [0.15, 0.2) is 5.76 Å². The van der Waals surface area contributed by atoms with Crippen LogP contribution in [-0.2, 0) is 9.53 Å². The SMILES string of the molecule is COc1ccc(N2C(=O)OC(=Cc3ccc(O)c(C#N)c3)C2=O)cc1. The van der Waals surface area contributed by atoms with Gasteiger partial charge >= 0.3 is 12.0 Å². The van der Waals surface area contributed by atoms with Crippen LogP contribution in [0, 0.1) is 11.3 Å². The van der Waals surface area contributed by atoms with Crippen molar-refractivity contribution in [3.05, 3.63) is 59.4 Å². The van der Waals surface area contributed by atoms with Crippen LogP contribution in [0.2, 0.25) is 0 Å². The zero-order chi connectivity index (χ0) is 18.0. The third kappa shape index (κ3) is 3.01. The van der Waals surface area contributed by atoms with E-state index in [1.807, 2.05) is 6.07 Å². The number of imide groups is 1. The van der Waals surface area contributed by atoms with Gasteiger partial charge in [0, 0.05) is 0 Å². The van der Waals surface area contributed by atoms with Crippen LogP contribution in [0.4, 0.5) is 10.5 Å². The first-order valence-corrected chi connectivity index (χ1v) is 7.18. The number of aromatic hydroxyl groups is 1. The van der Waals surface area contributed by atoms with E-state index in [2.05, 4.69) is 0 Å². The Labute approximate surface area is 142 Å². The van der Waals surface area contributed by atoms with Crippen molar-refractivity contribution in [3.8, 4) is 17.6 Å². The lowest BCUT2D eigenvalue weighted by Crippen LogP contribution is -2.28. The number of benzene rings is 2. The quantitative estimate of drug-likeness (QED) is 0.865. The maximum atomic E-state index is 12.5. The molecule has 1 aliphatic rings. The predicted octanol–water partition coefficient (Wildman–Crippen LogP) is 2.80. The highest BCUT2D eigenvalue weighted by Gasteiger charge is 2.37. The molecule has 1 saturated heterocycles. The fourth-order valence-electron chi connectivity index (χ4n) is 2.31. The van der Waals surface area contributed by atoms with Crippen LogP contribution in [0.5, 0.6) is 11.5 Å². The number of nitriles is 1. The summed E-state index contributed by atoms with van der Waals surface area (Å²) in [6.45, 7) is 0. The molecule has 7 nitrogen and oxygen atoms in total. The number of methoxy groups -OCH3 is 1. The van der Waals surface area contributed by atoms with E-state index in [1.165, 1.54) is 31.4 Å². The molecule has 1 N–H and O–H groups in total. The van der Waals surface area contributed by atoms with Crippen molar-refractivity contribution in [2.45, 2.75) is 0 Å². The van der Waals surface area contributed by atoms with Crippen LogP contribution in [-0.4, -0.2) is 24.2 Å². The molecule has 0 radical (unpaired) electrons. The zero-order valence-electron chi connectivity index (χ0n) is 13.1. The number of amides is 2. The summed E-state index contributed by atoms with van der Waals surface area (Å²) >= 11 is 0. The van der Waals surface area contributed by atoms with Crippen molar-refractivity contribution < 1.29 is 24.2 Å². The van der Waals surface area contributed by atoms with Crippen molar-refractivity contribution in [1.82, 2.24) is 0 Å². The van der Waals surface area contributed by atoms with Crippen LogP contribution >= 0.6 is 0 Å². The van der Waals surface area contributed by atoms with Crippen LogP contribution in [0.15, 0.2) is 48.2 Å². The maximum absolute atomic E-state index is 12.5. The van der Waals surface area contributed by atoms with Gasteiger partial charge in [-0.05, 0) is 48.0 Å². The molecule has 3 rings (SSSR count). The minimum absolute atomic E-state index is 0.0538. The van der Waals surface area contributed by atoms with E-state index in [0.29, 0.717) is 17.0 Å². The molecule has 1 aliphatic heterocycles. The first-order valence-electron chi connectivity index (χ1n) is 7.18. The predicted molar refractivity (Wildman–Crippen MR) is 87.8 cm³/mol. The van der Waals surface area contributed by atoms with Gasteiger partial charge < -0.3 is 14.6 Å². The molecule has 0 unspecified atom stereocenters. The van der Waals surface area contributed by atoms with Crippen molar-refractivity contribution in [3.63, 3.8) is 0 Å². The van der Waals surface area contributed by atoms with Crippen molar-refractivity contribution >= 4 is 23.8 Å². The van der Waals surface area contributed by atoms with Gasteiger partial charge in [0.2, 0.25) is 0 Å². The number of phenolic OH excluding ortho intramolecular Hbond substituents is 1. The molecule has 0 aromatic heterocycles. The maximum Gasteiger partial charge on any atom is 0.427 e. The Morgan fingerprint density at radius 3 is 2.56 bits per heavy atom. The Morgan fingerprint density at radius 1 is 1.20 bits per heavy atom. The number of nitrogens with zero attached hydrogens (tertiary/aromatic N) is 2. The molecule has 0 spiro atoms. The molecule has 2 aromatic rings. The molecule has 0 bridgehead atoms. The zero-order valence-corrected chi connectivity index (χ0v) is 13.1. The van der Waals surface area contributed by atoms with E-state index >= 15 is 0 Å². The number of hydrogen-bond acceptors (Lipinski definition) is 6. The highest BCUT2D eigenvalue weighted by atomic mass is 16.6. The molecule has 0 saturated carbocycles. The number of phenols is 1. The van der Waals surface area contributed by atoms with Crippen molar-refractivity contribution in [2.75, 3.05) is 12.0 Å². The van der Waals surface area contributed by atoms with Crippen LogP contribution in [0.25, 0.3) is 6.08 Å². The van der Waals surface area contributed by atoms with E-state index in [4.69, 9.17) is 14.7 Å². The van der Waals surface area contributed by atoms with Gasteiger partial charge in [-0.2, -0.15) is 5.26 Å². The molecule has 1 heterocycles. The molecule has 1 fully saturated rings. The van der Waals surface area contributed by atoms with Crippen LogP contribution in [0.3, 0.4) is 0 Å². The number of rotatable bonds is 3. The lowest BCUT2D eigenvalue weighted by atomic mass is 10.1. The number of hydrogen-bond donors (Lipinski definition) is 1. The summed E-state index contributed by atoms with van der Waals surface area (Å²) in [4.78, 5) is 25.4. The monoisotopic (exact) mass is 336 g/mol. The average molecular weight is 336 g/mol. The number of carbonyl (C=O) groups is 2. The molecule has 7 heteroatoms. The van der Waals surface area contributed by atoms with E-state index in [9.17, 15) is 14.7 Å². The summed E-state index contributed by atoms with van der Waals surface area (Å²) in [5.74, 6) is -0.371. The summed E-state index contributed by atoms with van der Waals surface area (Å²) in [5.41, 5.74) is 0.850. The van der Waals surface area contributed by atoms with Gasteiger partial charge in [0.05, 0.1) is 18.4 Å². The van der Waals surface area contributed by atoms with E-state index < -0.39 is 12.0 Å². The molecule has 2 aromatic carbocycles.